The van der Waals surface area contributed by atoms with Gasteiger partial charge in [-0.05, 0) is 61.5 Å². The summed E-state index contributed by atoms with van der Waals surface area (Å²) in [5.74, 6) is 2.70. The molecule has 0 atom stereocenters. The molecule has 0 fully saturated rings. The van der Waals surface area contributed by atoms with Crippen LogP contribution >= 0.6 is 0 Å². The van der Waals surface area contributed by atoms with Gasteiger partial charge >= 0.3 is 0 Å². The average molecular weight is 442 g/mol. The summed E-state index contributed by atoms with van der Waals surface area (Å²) in [7, 11) is 3.25. The molecule has 0 unspecified atom stereocenters. The molecule has 8 heteroatoms. The molecule has 166 valence electrons. The molecule has 3 aromatic heterocycles. The van der Waals surface area contributed by atoms with Crippen molar-refractivity contribution in [3.05, 3.63) is 88.8 Å². The second-order valence-corrected chi connectivity index (χ2v) is 7.57. The van der Waals surface area contributed by atoms with Crippen LogP contribution in [0.4, 0.5) is 0 Å². The van der Waals surface area contributed by atoms with Crippen molar-refractivity contribution in [2.75, 3.05) is 14.2 Å². The van der Waals surface area contributed by atoms with Crippen LogP contribution in [0.3, 0.4) is 0 Å². The van der Waals surface area contributed by atoms with Gasteiger partial charge in [0.05, 0.1) is 26.5 Å². The molecule has 33 heavy (non-hydrogen) atoms. The fourth-order valence-electron chi connectivity index (χ4n) is 3.65. The second-order valence-electron chi connectivity index (χ2n) is 7.57. The predicted molar refractivity (Wildman–Crippen MR) is 124 cm³/mol. The van der Waals surface area contributed by atoms with Crippen LogP contribution in [0.5, 0.6) is 11.5 Å². The maximum atomic E-state index is 13.1. The zero-order chi connectivity index (χ0) is 22.9. The highest BCUT2D eigenvalue weighted by atomic mass is 16.5. The lowest BCUT2D eigenvalue weighted by molar-refractivity contribution is 0.414. The normalized spacial score (nSPS) is 11.1. The fraction of sp³-hybridized carbons (Fsp3) is 0.160. The lowest BCUT2D eigenvalue weighted by Gasteiger charge is -2.04. The zero-order valence-corrected chi connectivity index (χ0v) is 18.5. The van der Waals surface area contributed by atoms with Gasteiger partial charge in [0.25, 0.3) is 5.56 Å². The zero-order valence-electron chi connectivity index (χ0n) is 18.5. The third-order valence-electron chi connectivity index (χ3n) is 5.54. The van der Waals surface area contributed by atoms with Crippen molar-refractivity contribution in [1.29, 1.82) is 0 Å². The number of hydrogen-bond acceptors (Lipinski definition) is 6. The number of methoxy groups -OCH3 is 2. The molecule has 0 spiro atoms. The Bertz CT molecular complexity index is 1480. The molecule has 0 aliphatic heterocycles. The van der Waals surface area contributed by atoms with E-state index in [-0.39, 0.29) is 5.56 Å². The highest BCUT2D eigenvalue weighted by Crippen LogP contribution is 2.25. The molecule has 0 aliphatic rings. The van der Waals surface area contributed by atoms with E-state index in [4.69, 9.17) is 13.9 Å². The Kier molecular flexibility index (Phi) is 5.18. The minimum absolute atomic E-state index is 0.154. The van der Waals surface area contributed by atoms with E-state index < -0.39 is 0 Å². The molecule has 0 bridgehead atoms. The van der Waals surface area contributed by atoms with Crippen LogP contribution in [0.1, 0.15) is 11.5 Å². The summed E-state index contributed by atoms with van der Waals surface area (Å²) in [6, 6.07) is 16.8. The smallest absolute Gasteiger partial charge is 0.276 e. The molecule has 5 aromatic rings. The second kappa shape index (κ2) is 8.31. The monoisotopic (exact) mass is 442 g/mol. The van der Waals surface area contributed by atoms with Gasteiger partial charge in [-0.2, -0.15) is 5.10 Å². The van der Waals surface area contributed by atoms with Gasteiger partial charge in [0.15, 0.2) is 0 Å². The molecule has 0 N–H and O–H groups in total. The summed E-state index contributed by atoms with van der Waals surface area (Å²) in [5.41, 5.74) is 3.49. The van der Waals surface area contributed by atoms with E-state index in [0.717, 1.165) is 22.6 Å². The summed E-state index contributed by atoms with van der Waals surface area (Å²) >= 11 is 0. The van der Waals surface area contributed by atoms with Crippen molar-refractivity contribution in [1.82, 2.24) is 19.2 Å². The lowest BCUT2D eigenvalue weighted by Crippen LogP contribution is -2.22. The Balaban J connectivity index is 1.45. The van der Waals surface area contributed by atoms with Crippen LogP contribution < -0.4 is 15.0 Å². The molecular weight excluding hydrogens is 420 g/mol. The SMILES string of the molecule is COc1ccc(-c2cc3c(=O)n(Cc4nc(-c5ccc(OC)cc5)oc4C)ccn3n2)cc1. The number of ether oxygens (including phenoxy) is 2. The van der Waals surface area contributed by atoms with E-state index in [1.54, 1.807) is 41.8 Å². The van der Waals surface area contributed by atoms with Gasteiger partial charge in [0.2, 0.25) is 5.89 Å². The van der Waals surface area contributed by atoms with E-state index in [1.807, 2.05) is 55.5 Å². The molecule has 2 aromatic carbocycles. The van der Waals surface area contributed by atoms with E-state index in [2.05, 4.69) is 10.1 Å². The van der Waals surface area contributed by atoms with Crippen LogP contribution in [-0.4, -0.2) is 33.4 Å². The van der Waals surface area contributed by atoms with Crippen LogP contribution in [0.15, 0.2) is 76.2 Å². The minimum Gasteiger partial charge on any atom is -0.497 e. The predicted octanol–water partition coefficient (Wildman–Crippen LogP) is 4.19. The summed E-state index contributed by atoms with van der Waals surface area (Å²) < 4.78 is 19.5. The van der Waals surface area contributed by atoms with Crippen molar-refractivity contribution in [2.45, 2.75) is 13.5 Å². The average Bonchev–Trinajstić information content (AvgIpc) is 3.45. The summed E-state index contributed by atoms with van der Waals surface area (Å²) in [5, 5.41) is 4.54. The third-order valence-corrected chi connectivity index (χ3v) is 5.54. The van der Waals surface area contributed by atoms with Gasteiger partial charge in [-0.25, -0.2) is 9.50 Å². The van der Waals surface area contributed by atoms with Gasteiger partial charge in [-0.3, -0.25) is 4.79 Å². The summed E-state index contributed by atoms with van der Waals surface area (Å²) in [6.45, 7) is 2.14. The molecule has 5 rings (SSSR count). The summed E-state index contributed by atoms with van der Waals surface area (Å²) in [6.07, 6.45) is 3.48. The topological polar surface area (TPSA) is 83.8 Å². The molecule has 0 amide bonds. The Hall–Kier alpha value is -4.33. The lowest BCUT2D eigenvalue weighted by atomic mass is 10.1. The quantitative estimate of drug-likeness (QED) is 0.392. The first-order valence-electron chi connectivity index (χ1n) is 10.4. The number of fused-ring (bicyclic) bond motifs is 1. The molecule has 0 saturated heterocycles. The number of aromatic nitrogens is 4. The molecule has 0 aliphatic carbocycles. The van der Waals surface area contributed by atoms with Crippen LogP contribution in [0.25, 0.3) is 28.2 Å². The van der Waals surface area contributed by atoms with E-state index >= 15 is 0 Å². The number of benzene rings is 2. The number of rotatable bonds is 6. The van der Waals surface area contributed by atoms with Gasteiger partial charge in [0.1, 0.15) is 28.5 Å². The van der Waals surface area contributed by atoms with Crippen molar-refractivity contribution in [3.8, 4) is 34.2 Å². The van der Waals surface area contributed by atoms with Crippen molar-refractivity contribution >= 4 is 5.52 Å². The Morgan fingerprint density at radius 1 is 0.909 bits per heavy atom. The van der Waals surface area contributed by atoms with Gasteiger partial charge in [-0.1, -0.05) is 0 Å². The van der Waals surface area contributed by atoms with Crippen molar-refractivity contribution in [3.63, 3.8) is 0 Å². The third kappa shape index (κ3) is 3.87. The molecule has 3 heterocycles. The van der Waals surface area contributed by atoms with E-state index in [1.165, 1.54) is 0 Å². The Morgan fingerprint density at radius 2 is 1.55 bits per heavy atom. The number of nitrogens with zero attached hydrogens (tertiary/aromatic N) is 4. The van der Waals surface area contributed by atoms with Crippen molar-refractivity contribution in [2.24, 2.45) is 0 Å². The number of oxazole rings is 1. The first-order valence-corrected chi connectivity index (χ1v) is 10.4. The first kappa shape index (κ1) is 20.6. The maximum Gasteiger partial charge on any atom is 0.276 e. The van der Waals surface area contributed by atoms with Gasteiger partial charge in [-0.15, -0.1) is 0 Å². The largest absolute Gasteiger partial charge is 0.497 e. The first-order chi connectivity index (χ1) is 16.1. The van der Waals surface area contributed by atoms with Crippen LogP contribution in [-0.2, 0) is 6.54 Å². The molecule has 8 nitrogen and oxygen atoms in total. The Morgan fingerprint density at radius 3 is 2.18 bits per heavy atom. The van der Waals surface area contributed by atoms with Gasteiger partial charge < -0.3 is 18.5 Å². The molecular formula is C25H22N4O4. The number of hydrogen-bond donors (Lipinski definition) is 0. The van der Waals surface area contributed by atoms with Crippen LogP contribution in [0.2, 0.25) is 0 Å². The van der Waals surface area contributed by atoms with Crippen LogP contribution in [0, 0.1) is 6.92 Å². The minimum atomic E-state index is -0.154. The maximum absolute atomic E-state index is 13.1. The van der Waals surface area contributed by atoms with Gasteiger partial charge in [0, 0.05) is 23.5 Å². The number of aryl methyl sites for hydroxylation is 1. The highest BCUT2D eigenvalue weighted by Gasteiger charge is 2.15. The van der Waals surface area contributed by atoms with E-state index in [9.17, 15) is 4.79 Å². The highest BCUT2D eigenvalue weighted by molar-refractivity contribution is 5.66. The summed E-state index contributed by atoms with van der Waals surface area (Å²) in [4.78, 5) is 17.8. The molecule has 0 saturated carbocycles. The fourth-order valence-corrected chi connectivity index (χ4v) is 3.65. The standard InChI is InChI=1S/C25H22N4O4/c1-16-22(26-24(33-16)18-6-10-20(32-3)11-7-18)15-28-12-13-29-23(25(28)30)14-21(27-29)17-4-8-19(31-2)9-5-17/h4-14H,15H2,1-3H3. The van der Waals surface area contributed by atoms with E-state index in [0.29, 0.717) is 35.1 Å². The van der Waals surface area contributed by atoms with Crippen molar-refractivity contribution < 1.29 is 13.9 Å². The molecule has 0 radical (unpaired) electrons. The Labute approximate surface area is 189 Å².